The van der Waals surface area contributed by atoms with E-state index >= 15 is 0 Å². The van der Waals surface area contributed by atoms with E-state index in [9.17, 15) is 0 Å². The van der Waals surface area contributed by atoms with E-state index in [4.69, 9.17) is 10.6 Å². The Morgan fingerprint density at radius 1 is 0.955 bits per heavy atom. The van der Waals surface area contributed by atoms with Gasteiger partial charge in [0.25, 0.3) is 0 Å². The molecule has 0 atom stereocenters. The Morgan fingerprint density at radius 2 is 1.45 bits per heavy atom. The van der Waals surface area contributed by atoms with Crippen LogP contribution in [0.2, 0.25) is 0 Å². The van der Waals surface area contributed by atoms with Gasteiger partial charge in [-0.2, -0.15) is 5.06 Å². The average Bonchev–Trinajstić information content (AvgIpc) is 2.56. The van der Waals surface area contributed by atoms with Crippen LogP contribution in [0.15, 0.2) is 60.7 Å². The molecule has 0 aliphatic rings. The fourth-order valence-corrected chi connectivity index (χ4v) is 2.05. The molecule has 2 rings (SSSR count). The van der Waals surface area contributed by atoms with Gasteiger partial charge in [-0.3, -0.25) is 4.90 Å². The van der Waals surface area contributed by atoms with Gasteiger partial charge in [-0.1, -0.05) is 60.7 Å². The molecule has 3 radical (unpaired) electrons. The van der Waals surface area contributed by atoms with E-state index in [1.165, 1.54) is 5.56 Å². The van der Waals surface area contributed by atoms with E-state index in [0.29, 0.717) is 12.7 Å². The Bertz CT molecular complexity index is 533. The molecule has 22 heavy (non-hydrogen) atoms. The fraction of sp³-hybridized carbons (Fsp3) is 0.222. The molecule has 0 saturated carbocycles. The summed E-state index contributed by atoms with van der Waals surface area (Å²) in [4.78, 5) is 7.26. The van der Waals surface area contributed by atoms with Crippen molar-refractivity contribution in [3.05, 3.63) is 84.5 Å². The van der Waals surface area contributed by atoms with Crippen molar-refractivity contribution < 1.29 is 4.84 Å². The highest BCUT2D eigenvalue weighted by atomic mass is 16.7. The summed E-state index contributed by atoms with van der Waals surface area (Å²) in [5, 5.41) is 1.60. The summed E-state index contributed by atoms with van der Waals surface area (Å²) in [7, 11) is 3.55. The lowest BCUT2D eigenvalue weighted by atomic mass is 10.2. The van der Waals surface area contributed by atoms with Gasteiger partial charge in [-0.05, 0) is 18.2 Å². The lowest BCUT2D eigenvalue weighted by Gasteiger charge is -2.27. The van der Waals surface area contributed by atoms with Gasteiger partial charge in [0, 0.05) is 6.54 Å². The number of hydrogen-bond acceptors (Lipinski definition) is 4. The molecule has 4 nitrogen and oxygen atoms in total. The first-order chi connectivity index (χ1) is 10.7. The molecular weight excluding hydrogens is 274 g/mol. The zero-order chi connectivity index (χ0) is 15.8. The number of nitrogens with zero attached hydrogens (tertiary/aromatic N) is 2. The topological polar surface area (TPSA) is 41.7 Å². The molecule has 2 N–H and O–H groups in total. The summed E-state index contributed by atoms with van der Waals surface area (Å²) in [6.45, 7) is 4.39. The average molecular weight is 296 g/mol. The second-order valence-corrected chi connectivity index (χ2v) is 5.04. The minimum atomic E-state index is 0.529. The predicted octanol–water partition coefficient (Wildman–Crippen LogP) is 2.67. The summed E-state index contributed by atoms with van der Waals surface area (Å²) >= 11 is 0. The van der Waals surface area contributed by atoms with Crippen LogP contribution in [0.1, 0.15) is 11.1 Å². The SMILES string of the molecule is CON([C][C](N)N(C)Cc1ccccc1)Cc1ccccc1. The number of rotatable bonds is 8. The highest BCUT2D eigenvalue weighted by molar-refractivity contribution is 5.16. The smallest absolute Gasteiger partial charge is 0.133 e. The molecule has 0 saturated heterocycles. The van der Waals surface area contributed by atoms with Crippen LogP contribution in [0, 0.1) is 12.7 Å². The summed E-state index contributed by atoms with van der Waals surface area (Å²) in [6.07, 6.45) is 0.529. The quantitative estimate of drug-likeness (QED) is 0.601. The van der Waals surface area contributed by atoms with Crippen LogP contribution in [0.3, 0.4) is 0 Å². The maximum atomic E-state index is 6.10. The van der Waals surface area contributed by atoms with E-state index in [1.54, 1.807) is 12.2 Å². The van der Waals surface area contributed by atoms with Gasteiger partial charge in [0.15, 0.2) is 0 Å². The van der Waals surface area contributed by atoms with Crippen molar-refractivity contribution in [1.82, 2.24) is 9.96 Å². The second kappa shape index (κ2) is 8.66. The third-order valence-electron chi connectivity index (χ3n) is 3.30. The van der Waals surface area contributed by atoms with Crippen molar-refractivity contribution in [3.63, 3.8) is 0 Å². The van der Waals surface area contributed by atoms with Crippen LogP contribution >= 0.6 is 0 Å². The Morgan fingerprint density at radius 3 is 1.95 bits per heavy atom. The van der Waals surface area contributed by atoms with Crippen LogP contribution in [0.5, 0.6) is 0 Å². The molecule has 0 fully saturated rings. The largest absolute Gasteiger partial charge is 0.309 e. The predicted molar refractivity (Wildman–Crippen MR) is 87.6 cm³/mol. The highest BCUT2D eigenvalue weighted by Crippen LogP contribution is 2.14. The van der Waals surface area contributed by atoms with Gasteiger partial charge in [0.2, 0.25) is 0 Å². The molecule has 0 aromatic heterocycles. The number of nitrogens with two attached hydrogens (primary N) is 1. The van der Waals surface area contributed by atoms with Gasteiger partial charge in [-0.15, -0.1) is 0 Å². The van der Waals surface area contributed by atoms with E-state index in [1.807, 2.05) is 60.5 Å². The molecular formula is C18H22N3O. The number of hydroxylamine groups is 2. The summed E-state index contributed by atoms with van der Waals surface area (Å²) in [5.74, 6) is 0. The molecule has 0 aliphatic carbocycles. The van der Waals surface area contributed by atoms with Crippen molar-refractivity contribution in [2.45, 2.75) is 13.1 Å². The standard InChI is InChI=1S/C18H22N3O/c1-20(13-16-9-5-3-6-10-16)18(19)15-21(22-2)14-17-11-7-4-8-12-17/h3-12H,13-14,19H2,1-2H3. The molecule has 0 unspecified atom stereocenters. The van der Waals surface area contributed by atoms with Gasteiger partial charge >= 0.3 is 0 Å². The highest BCUT2D eigenvalue weighted by Gasteiger charge is 2.18. The molecule has 2 aromatic carbocycles. The first-order valence-corrected chi connectivity index (χ1v) is 7.18. The van der Waals surface area contributed by atoms with Gasteiger partial charge in [0.1, 0.15) is 12.7 Å². The molecule has 0 heterocycles. The van der Waals surface area contributed by atoms with Gasteiger partial charge in [0.05, 0.1) is 13.7 Å². The molecule has 0 aliphatic heterocycles. The fourth-order valence-electron chi connectivity index (χ4n) is 2.05. The van der Waals surface area contributed by atoms with Gasteiger partial charge < -0.3 is 10.6 Å². The first-order valence-electron chi connectivity index (χ1n) is 7.18. The summed E-state index contributed by atoms with van der Waals surface area (Å²) in [6, 6.07) is 20.2. The Labute approximate surface area is 133 Å². The monoisotopic (exact) mass is 296 g/mol. The zero-order valence-corrected chi connectivity index (χ0v) is 13.1. The third-order valence-corrected chi connectivity index (χ3v) is 3.30. The number of benzene rings is 2. The number of hydrogen-bond donors (Lipinski definition) is 1. The lowest BCUT2D eigenvalue weighted by molar-refractivity contribution is -0.116. The Kier molecular flexibility index (Phi) is 6.55. The molecule has 0 amide bonds. The minimum absolute atomic E-state index is 0.529. The lowest BCUT2D eigenvalue weighted by Crippen LogP contribution is -2.36. The molecule has 115 valence electrons. The Hall–Kier alpha value is -1.72. The van der Waals surface area contributed by atoms with Gasteiger partial charge in [-0.25, -0.2) is 0 Å². The molecule has 0 bridgehead atoms. The van der Waals surface area contributed by atoms with Crippen LogP contribution < -0.4 is 5.73 Å². The van der Waals surface area contributed by atoms with E-state index in [0.717, 1.165) is 12.1 Å². The molecule has 2 aromatic rings. The van der Waals surface area contributed by atoms with Crippen molar-refractivity contribution in [2.24, 2.45) is 5.73 Å². The maximum absolute atomic E-state index is 6.10. The first kappa shape index (κ1) is 16.6. The minimum Gasteiger partial charge on any atom is -0.309 e. The Balaban J connectivity index is 1.87. The van der Waals surface area contributed by atoms with Crippen molar-refractivity contribution >= 4 is 0 Å². The van der Waals surface area contributed by atoms with Crippen LogP contribution in [0.4, 0.5) is 0 Å². The van der Waals surface area contributed by atoms with E-state index in [2.05, 4.69) is 18.7 Å². The van der Waals surface area contributed by atoms with Crippen LogP contribution in [-0.2, 0) is 17.9 Å². The van der Waals surface area contributed by atoms with Crippen LogP contribution in [-0.4, -0.2) is 24.1 Å². The maximum Gasteiger partial charge on any atom is 0.133 e. The van der Waals surface area contributed by atoms with Crippen molar-refractivity contribution in [1.29, 1.82) is 0 Å². The van der Waals surface area contributed by atoms with Crippen LogP contribution in [0.25, 0.3) is 0 Å². The zero-order valence-electron chi connectivity index (χ0n) is 13.1. The molecule has 4 heteroatoms. The molecule has 0 spiro atoms. The normalized spacial score (nSPS) is 11.5. The van der Waals surface area contributed by atoms with E-state index < -0.39 is 0 Å². The third kappa shape index (κ3) is 5.24. The van der Waals surface area contributed by atoms with E-state index in [-0.39, 0.29) is 0 Å². The second-order valence-electron chi connectivity index (χ2n) is 5.04. The number of likely N-dealkylation sites (N-methyl/N-ethyl adjacent to an activating group) is 1. The summed E-state index contributed by atoms with van der Waals surface area (Å²) < 4.78 is 0. The van der Waals surface area contributed by atoms with Crippen molar-refractivity contribution in [3.8, 4) is 0 Å². The summed E-state index contributed by atoms with van der Waals surface area (Å²) in [5.41, 5.74) is 8.44. The van der Waals surface area contributed by atoms with Crippen molar-refractivity contribution in [2.75, 3.05) is 14.2 Å².